The number of nitriles is 1. The smallest absolute Gasteiger partial charge is 0.232 e. The number of thioether (sulfide) groups is 1. The molecule has 0 saturated carbocycles. The zero-order valence-electron chi connectivity index (χ0n) is 8.40. The second-order valence-corrected chi connectivity index (χ2v) is 3.69. The van der Waals surface area contributed by atoms with Crippen LogP contribution in [0.5, 0.6) is 0 Å². The third kappa shape index (κ3) is 5.84. The molecule has 1 amide bonds. The Morgan fingerprint density at radius 1 is 1.64 bits per heavy atom. The van der Waals surface area contributed by atoms with E-state index in [0.29, 0.717) is 31.0 Å². The number of aliphatic hydroxyl groups excluding tert-OH is 1. The minimum atomic E-state index is 0.0428. The zero-order chi connectivity index (χ0) is 10.8. The van der Waals surface area contributed by atoms with Gasteiger partial charge in [-0.3, -0.25) is 4.79 Å². The topological polar surface area (TPSA) is 64.3 Å². The van der Waals surface area contributed by atoms with Crippen LogP contribution < -0.4 is 0 Å². The normalized spacial score (nSPS) is 9.50. The fourth-order valence-corrected chi connectivity index (χ4v) is 1.55. The van der Waals surface area contributed by atoms with E-state index < -0.39 is 0 Å². The van der Waals surface area contributed by atoms with Crippen molar-refractivity contribution in [3.05, 3.63) is 0 Å². The summed E-state index contributed by atoms with van der Waals surface area (Å²) in [5, 5.41) is 16.9. The number of rotatable bonds is 7. The molecule has 0 aliphatic carbocycles. The number of nitrogens with zero attached hydrogens (tertiary/aromatic N) is 2. The molecule has 14 heavy (non-hydrogen) atoms. The molecule has 0 bridgehead atoms. The number of amides is 1. The van der Waals surface area contributed by atoms with Crippen LogP contribution in [0.25, 0.3) is 0 Å². The van der Waals surface area contributed by atoms with Gasteiger partial charge < -0.3 is 10.0 Å². The summed E-state index contributed by atoms with van der Waals surface area (Å²) >= 11 is 1.32. The Balaban J connectivity index is 3.74. The van der Waals surface area contributed by atoms with Crippen molar-refractivity contribution in [2.24, 2.45) is 0 Å². The van der Waals surface area contributed by atoms with E-state index in [1.165, 1.54) is 11.8 Å². The van der Waals surface area contributed by atoms with Crippen LogP contribution in [0, 0.1) is 11.3 Å². The van der Waals surface area contributed by atoms with Gasteiger partial charge in [-0.2, -0.15) is 5.26 Å². The van der Waals surface area contributed by atoms with Crippen LogP contribution in [-0.4, -0.2) is 47.1 Å². The van der Waals surface area contributed by atoms with Gasteiger partial charge >= 0.3 is 0 Å². The molecule has 0 radical (unpaired) electrons. The average Bonchev–Trinajstić information content (AvgIpc) is 2.19. The SMILES string of the molecule is CCN(CCCO)C(=O)CSCC#N. The van der Waals surface area contributed by atoms with Crippen molar-refractivity contribution in [3.8, 4) is 6.07 Å². The molecule has 4 nitrogen and oxygen atoms in total. The first-order valence-electron chi connectivity index (χ1n) is 4.59. The van der Waals surface area contributed by atoms with Crippen LogP contribution in [0.2, 0.25) is 0 Å². The number of hydrogen-bond donors (Lipinski definition) is 1. The first-order chi connectivity index (χ1) is 6.76. The Labute approximate surface area is 88.9 Å². The number of carbonyl (C=O) groups excluding carboxylic acids is 1. The molecule has 0 rings (SSSR count). The van der Waals surface area contributed by atoms with Crippen molar-refractivity contribution in [2.45, 2.75) is 13.3 Å². The van der Waals surface area contributed by atoms with E-state index in [1.54, 1.807) is 4.90 Å². The lowest BCUT2D eigenvalue weighted by molar-refractivity contribution is -0.128. The van der Waals surface area contributed by atoms with Gasteiger partial charge in [0.25, 0.3) is 0 Å². The quantitative estimate of drug-likeness (QED) is 0.628. The maximum absolute atomic E-state index is 11.5. The molecule has 0 aromatic carbocycles. The summed E-state index contributed by atoms with van der Waals surface area (Å²) in [6.45, 7) is 3.27. The van der Waals surface area contributed by atoms with Crippen molar-refractivity contribution in [1.82, 2.24) is 4.90 Å². The first kappa shape index (κ1) is 13.3. The highest BCUT2D eigenvalue weighted by molar-refractivity contribution is 8.00. The van der Waals surface area contributed by atoms with Gasteiger partial charge in [-0.15, -0.1) is 11.8 Å². The monoisotopic (exact) mass is 216 g/mol. The maximum Gasteiger partial charge on any atom is 0.232 e. The fourth-order valence-electron chi connectivity index (χ4n) is 0.996. The summed E-state index contributed by atoms with van der Waals surface area (Å²) in [6, 6.07) is 1.98. The van der Waals surface area contributed by atoms with Crippen molar-refractivity contribution >= 4 is 17.7 Å². The lowest BCUT2D eigenvalue weighted by Crippen LogP contribution is -2.33. The number of carbonyl (C=O) groups is 1. The van der Waals surface area contributed by atoms with Gasteiger partial charge in [-0.25, -0.2) is 0 Å². The van der Waals surface area contributed by atoms with Crippen molar-refractivity contribution in [1.29, 1.82) is 5.26 Å². The van der Waals surface area contributed by atoms with Gasteiger partial charge in [0.05, 0.1) is 17.6 Å². The molecule has 0 aliphatic heterocycles. The van der Waals surface area contributed by atoms with Gasteiger partial charge in [-0.05, 0) is 13.3 Å². The Morgan fingerprint density at radius 3 is 2.86 bits per heavy atom. The molecule has 0 atom stereocenters. The van der Waals surface area contributed by atoms with Crippen LogP contribution in [-0.2, 0) is 4.79 Å². The molecule has 0 fully saturated rings. The summed E-state index contributed by atoms with van der Waals surface area (Å²) < 4.78 is 0. The summed E-state index contributed by atoms with van der Waals surface area (Å²) in [4.78, 5) is 13.2. The van der Waals surface area contributed by atoms with Crippen molar-refractivity contribution in [2.75, 3.05) is 31.2 Å². The highest BCUT2D eigenvalue weighted by atomic mass is 32.2. The minimum Gasteiger partial charge on any atom is -0.396 e. The van der Waals surface area contributed by atoms with Crippen molar-refractivity contribution < 1.29 is 9.90 Å². The third-order valence-corrected chi connectivity index (χ3v) is 2.50. The van der Waals surface area contributed by atoms with E-state index in [9.17, 15) is 4.79 Å². The standard InChI is InChI=1S/C9H16N2O2S/c1-2-11(5-3-6-12)9(13)8-14-7-4-10/h12H,2-3,5-8H2,1H3. The molecule has 5 heteroatoms. The van der Waals surface area contributed by atoms with Crippen LogP contribution >= 0.6 is 11.8 Å². The van der Waals surface area contributed by atoms with Gasteiger partial charge in [0.1, 0.15) is 0 Å². The van der Waals surface area contributed by atoms with E-state index in [2.05, 4.69) is 0 Å². The van der Waals surface area contributed by atoms with Crippen LogP contribution in [0.3, 0.4) is 0 Å². The van der Waals surface area contributed by atoms with Gasteiger partial charge in [0.2, 0.25) is 5.91 Å². The molecule has 0 unspecified atom stereocenters. The predicted molar refractivity (Wildman–Crippen MR) is 56.9 cm³/mol. The Bertz CT molecular complexity index is 203. The molecular formula is C9H16N2O2S. The number of hydrogen-bond acceptors (Lipinski definition) is 4. The van der Waals surface area contributed by atoms with E-state index in [1.807, 2.05) is 13.0 Å². The highest BCUT2D eigenvalue weighted by Gasteiger charge is 2.10. The van der Waals surface area contributed by atoms with Crippen LogP contribution in [0.4, 0.5) is 0 Å². The lowest BCUT2D eigenvalue weighted by atomic mass is 10.4. The molecule has 0 aliphatic rings. The van der Waals surface area contributed by atoms with Crippen molar-refractivity contribution in [3.63, 3.8) is 0 Å². The molecule has 1 N–H and O–H groups in total. The molecule has 0 saturated heterocycles. The minimum absolute atomic E-state index is 0.0428. The maximum atomic E-state index is 11.5. The lowest BCUT2D eigenvalue weighted by Gasteiger charge is -2.19. The molecule has 0 aromatic heterocycles. The molecule has 0 spiro atoms. The molecule has 80 valence electrons. The van der Waals surface area contributed by atoms with Gasteiger partial charge in [0, 0.05) is 19.7 Å². The fraction of sp³-hybridized carbons (Fsp3) is 0.778. The van der Waals surface area contributed by atoms with Gasteiger partial charge in [-0.1, -0.05) is 0 Å². The Kier molecular flexibility index (Phi) is 8.39. The average molecular weight is 216 g/mol. The third-order valence-electron chi connectivity index (χ3n) is 1.71. The Morgan fingerprint density at radius 2 is 2.36 bits per heavy atom. The largest absolute Gasteiger partial charge is 0.396 e. The number of aliphatic hydroxyl groups is 1. The summed E-state index contributed by atoms with van der Waals surface area (Å²) in [5.74, 6) is 0.747. The van der Waals surface area contributed by atoms with Gasteiger partial charge in [0.15, 0.2) is 0 Å². The second kappa shape index (κ2) is 8.85. The van der Waals surface area contributed by atoms with E-state index in [-0.39, 0.29) is 12.5 Å². The summed E-state index contributed by atoms with van der Waals surface area (Å²) in [5.41, 5.74) is 0. The first-order valence-corrected chi connectivity index (χ1v) is 5.75. The zero-order valence-corrected chi connectivity index (χ0v) is 9.22. The molecule has 0 aromatic rings. The van der Waals surface area contributed by atoms with E-state index >= 15 is 0 Å². The van der Waals surface area contributed by atoms with Crippen LogP contribution in [0.15, 0.2) is 0 Å². The predicted octanol–water partition coefficient (Wildman–Crippen LogP) is 0.474. The van der Waals surface area contributed by atoms with E-state index in [0.717, 1.165) is 0 Å². The molecule has 0 heterocycles. The van der Waals surface area contributed by atoms with E-state index in [4.69, 9.17) is 10.4 Å². The summed E-state index contributed by atoms with van der Waals surface area (Å²) in [6.07, 6.45) is 0.614. The van der Waals surface area contributed by atoms with Crippen LogP contribution in [0.1, 0.15) is 13.3 Å². The highest BCUT2D eigenvalue weighted by Crippen LogP contribution is 2.02. The molecular weight excluding hydrogens is 200 g/mol. The second-order valence-electron chi connectivity index (χ2n) is 2.70. The summed E-state index contributed by atoms with van der Waals surface area (Å²) in [7, 11) is 0. The Hall–Kier alpha value is -0.730.